The molecule has 0 saturated carbocycles. The van der Waals surface area contributed by atoms with Gasteiger partial charge in [-0.15, -0.1) is 0 Å². The molecule has 0 fully saturated rings. The van der Waals surface area contributed by atoms with E-state index in [-0.39, 0.29) is 18.4 Å². The summed E-state index contributed by atoms with van der Waals surface area (Å²) in [5, 5.41) is 6.82. The molecule has 0 unspecified atom stereocenters. The van der Waals surface area contributed by atoms with Gasteiger partial charge in [-0.1, -0.05) is 0 Å². The average Bonchev–Trinajstić information content (AvgIpc) is 3.21. The number of hydrogen-bond donors (Lipinski definition) is 1. The van der Waals surface area contributed by atoms with Gasteiger partial charge in [0.25, 0.3) is 0 Å². The lowest BCUT2D eigenvalue weighted by atomic mass is 10.2. The van der Waals surface area contributed by atoms with Crippen molar-refractivity contribution in [1.82, 2.24) is 19.7 Å². The zero-order chi connectivity index (χ0) is 18.0. The Balaban J connectivity index is 1.61. The number of carbonyl (C=O) groups excluding carboxylic acids is 2. The summed E-state index contributed by atoms with van der Waals surface area (Å²) in [4.78, 5) is 30.2. The van der Waals surface area contributed by atoms with Gasteiger partial charge < -0.3 is 14.6 Å². The van der Waals surface area contributed by atoms with Gasteiger partial charge >= 0.3 is 0 Å². The van der Waals surface area contributed by atoms with Gasteiger partial charge in [-0.2, -0.15) is 5.10 Å². The summed E-state index contributed by atoms with van der Waals surface area (Å²) in [6.07, 6.45) is 3.32. The second-order valence-corrected chi connectivity index (χ2v) is 5.82. The molecule has 8 nitrogen and oxygen atoms in total. The summed E-state index contributed by atoms with van der Waals surface area (Å²) in [7, 11) is 1.59. The highest BCUT2D eigenvalue weighted by atomic mass is 16.3. The maximum atomic E-state index is 12.4. The number of rotatable bonds is 5. The Bertz CT molecular complexity index is 900. The average molecular weight is 341 g/mol. The molecular weight excluding hydrogens is 322 g/mol. The van der Waals surface area contributed by atoms with Gasteiger partial charge in [0.1, 0.15) is 11.6 Å². The fourth-order valence-electron chi connectivity index (χ4n) is 2.56. The predicted octanol–water partition coefficient (Wildman–Crippen LogP) is 1.99. The first-order chi connectivity index (χ1) is 11.9. The molecular formula is C17H19N5O3. The molecule has 0 spiro atoms. The molecule has 1 N–H and O–H groups in total. The van der Waals surface area contributed by atoms with Gasteiger partial charge in [0.2, 0.25) is 11.8 Å². The van der Waals surface area contributed by atoms with Gasteiger partial charge in [0.05, 0.1) is 6.54 Å². The number of likely N-dealkylation sites (N-methyl/N-ethyl adjacent to an activating group) is 1. The van der Waals surface area contributed by atoms with E-state index in [0.29, 0.717) is 22.7 Å². The number of hydrogen-bond acceptors (Lipinski definition) is 5. The molecule has 2 aromatic heterocycles. The topological polar surface area (TPSA) is 93.3 Å². The molecule has 1 aromatic carbocycles. The molecule has 0 radical (unpaired) electrons. The highest BCUT2D eigenvalue weighted by molar-refractivity contribution is 5.96. The van der Waals surface area contributed by atoms with Gasteiger partial charge in [-0.25, -0.2) is 4.98 Å². The van der Waals surface area contributed by atoms with Gasteiger partial charge in [-0.3, -0.25) is 14.3 Å². The predicted molar refractivity (Wildman–Crippen MR) is 92.0 cm³/mol. The first-order valence-corrected chi connectivity index (χ1v) is 7.85. The van der Waals surface area contributed by atoms with Crippen molar-refractivity contribution < 1.29 is 14.0 Å². The zero-order valence-electron chi connectivity index (χ0n) is 14.3. The number of oxazole rings is 1. The lowest BCUT2D eigenvalue weighted by Crippen LogP contribution is -2.38. The Labute approximate surface area is 144 Å². The van der Waals surface area contributed by atoms with E-state index in [1.807, 2.05) is 0 Å². The molecule has 25 heavy (non-hydrogen) atoms. The van der Waals surface area contributed by atoms with Gasteiger partial charge in [0, 0.05) is 32.1 Å². The number of aryl methyl sites for hydroxylation is 1. The molecule has 8 heteroatoms. The summed E-state index contributed by atoms with van der Waals surface area (Å²) in [5.41, 5.74) is 1.94. The van der Waals surface area contributed by atoms with Crippen molar-refractivity contribution in [1.29, 1.82) is 0 Å². The van der Waals surface area contributed by atoms with Crippen LogP contribution in [-0.2, 0) is 9.59 Å². The second kappa shape index (κ2) is 6.76. The van der Waals surface area contributed by atoms with E-state index in [9.17, 15) is 9.59 Å². The molecule has 3 rings (SSSR count). The van der Waals surface area contributed by atoms with Crippen LogP contribution < -0.4 is 5.32 Å². The number of anilines is 1. The van der Waals surface area contributed by atoms with E-state index in [1.54, 1.807) is 62.2 Å². The summed E-state index contributed by atoms with van der Waals surface area (Å²) in [6, 6.07) is 6.50. The molecule has 0 aliphatic rings. The van der Waals surface area contributed by atoms with E-state index in [4.69, 9.17) is 4.42 Å². The Hall–Kier alpha value is -3.16. The Morgan fingerprint density at radius 3 is 2.92 bits per heavy atom. The molecule has 0 aliphatic heterocycles. The highest BCUT2D eigenvalue weighted by Crippen LogP contribution is 2.19. The number of benzene rings is 1. The fraction of sp³-hybridized carbons (Fsp3) is 0.294. The van der Waals surface area contributed by atoms with Crippen LogP contribution in [0.5, 0.6) is 0 Å². The molecule has 1 atom stereocenters. The molecule has 0 saturated heterocycles. The number of carbonyl (C=O) groups is 2. The minimum atomic E-state index is -0.470. The van der Waals surface area contributed by atoms with E-state index in [1.165, 1.54) is 4.90 Å². The Kier molecular flexibility index (Phi) is 4.51. The Morgan fingerprint density at radius 2 is 2.20 bits per heavy atom. The Morgan fingerprint density at radius 1 is 1.40 bits per heavy atom. The van der Waals surface area contributed by atoms with E-state index in [0.717, 1.165) is 0 Å². The van der Waals surface area contributed by atoms with Crippen LogP contribution >= 0.6 is 0 Å². The number of fused-ring (bicyclic) bond motifs is 1. The number of aromatic nitrogens is 3. The van der Waals surface area contributed by atoms with Crippen molar-refractivity contribution in [3.8, 4) is 0 Å². The normalized spacial score (nSPS) is 12.1. The summed E-state index contributed by atoms with van der Waals surface area (Å²) >= 11 is 0. The second-order valence-electron chi connectivity index (χ2n) is 5.82. The SMILES string of the molecule is Cc1nc2cc(NC(=O)CN(C)C(=O)[C@H](C)n3cccn3)ccc2o1. The number of nitrogens with zero attached hydrogens (tertiary/aromatic N) is 4. The monoisotopic (exact) mass is 341 g/mol. The maximum absolute atomic E-state index is 12.4. The van der Waals surface area contributed by atoms with Crippen molar-refractivity contribution in [2.75, 3.05) is 18.9 Å². The van der Waals surface area contributed by atoms with Crippen molar-refractivity contribution in [3.05, 3.63) is 42.5 Å². The van der Waals surface area contributed by atoms with Crippen LogP contribution in [0.25, 0.3) is 11.1 Å². The highest BCUT2D eigenvalue weighted by Gasteiger charge is 2.21. The third-order valence-electron chi connectivity index (χ3n) is 3.81. The number of amides is 2. The standard InChI is InChI=1S/C17H19N5O3/c1-11(22-8-4-7-18-22)17(24)21(3)10-16(23)20-13-5-6-15-14(9-13)19-12(2)25-15/h4-9,11H,10H2,1-3H3,(H,20,23)/t11-/m0/s1. The van der Waals surface area contributed by atoms with Crippen LogP contribution in [0, 0.1) is 6.92 Å². The summed E-state index contributed by atoms with van der Waals surface area (Å²) < 4.78 is 6.95. The van der Waals surface area contributed by atoms with Crippen molar-refractivity contribution in [2.24, 2.45) is 0 Å². The smallest absolute Gasteiger partial charge is 0.247 e. The van der Waals surface area contributed by atoms with Crippen molar-refractivity contribution in [3.63, 3.8) is 0 Å². The minimum Gasteiger partial charge on any atom is -0.441 e. The lowest BCUT2D eigenvalue weighted by Gasteiger charge is -2.21. The van der Waals surface area contributed by atoms with Gasteiger partial charge in [0.15, 0.2) is 11.5 Å². The molecule has 0 bridgehead atoms. The van der Waals surface area contributed by atoms with Crippen molar-refractivity contribution >= 4 is 28.6 Å². The van der Waals surface area contributed by atoms with E-state index < -0.39 is 6.04 Å². The fourth-order valence-corrected chi connectivity index (χ4v) is 2.56. The zero-order valence-corrected chi connectivity index (χ0v) is 14.3. The largest absolute Gasteiger partial charge is 0.441 e. The lowest BCUT2D eigenvalue weighted by molar-refractivity contribution is -0.136. The molecule has 2 amide bonds. The van der Waals surface area contributed by atoms with Crippen LogP contribution in [0.1, 0.15) is 18.9 Å². The van der Waals surface area contributed by atoms with Crippen LogP contribution in [0.4, 0.5) is 5.69 Å². The number of nitrogens with one attached hydrogen (secondary N) is 1. The van der Waals surface area contributed by atoms with Gasteiger partial charge in [-0.05, 0) is 31.2 Å². The first kappa shape index (κ1) is 16.7. The van der Waals surface area contributed by atoms with E-state index in [2.05, 4.69) is 15.4 Å². The molecule has 2 heterocycles. The third-order valence-corrected chi connectivity index (χ3v) is 3.81. The van der Waals surface area contributed by atoms with Crippen LogP contribution in [0.15, 0.2) is 41.1 Å². The molecule has 130 valence electrons. The quantitative estimate of drug-likeness (QED) is 0.766. The first-order valence-electron chi connectivity index (χ1n) is 7.85. The molecule has 0 aliphatic carbocycles. The summed E-state index contributed by atoms with van der Waals surface area (Å²) in [6.45, 7) is 3.45. The van der Waals surface area contributed by atoms with Crippen LogP contribution in [0.3, 0.4) is 0 Å². The third kappa shape index (κ3) is 3.68. The van der Waals surface area contributed by atoms with Crippen LogP contribution in [-0.4, -0.2) is 45.1 Å². The van der Waals surface area contributed by atoms with Crippen molar-refractivity contribution in [2.45, 2.75) is 19.9 Å². The minimum absolute atomic E-state index is 0.0552. The molecule has 3 aromatic rings. The van der Waals surface area contributed by atoms with Crippen LogP contribution in [0.2, 0.25) is 0 Å². The van der Waals surface area contributed by atoms with E-state index >= 15 is 0 Å². The summed E-state index contributed by atoms with van der Waals surface area (Å²) in [5.74, 6) is 0.0842. The maximum Gasteiger partial charge on any atom is 0.247 e.